The van der Waals surface area contributed by atoms with E-state index in [1.54, 1.807) is 24.3 Å². The molecule has 1 heterocycles. The Bertz CT molecular complexity index is 585. The topological polar surface area (TPSA) is 80.9 Å². The lowest BCUT2D eigenvalue weighted by molar-refractivity contribution is 0.0951. The third-order valence-corrected chi connectivity index (χ3v) is 3.75. The van der Waals surface area contributed by atoms with Crippen LogP contribution in [0.25, 0.3) is 0 Å². The molecule has 1 aromatic carbocycles. The Morgan fingerprint density at radius 2 is 2.15 bits per heavy atom. The number of nitrogen functional groups attached to an aromatic ring is 1. The molecule has 0 aliphatic carbocycles. The maximum atomic E-state index is 11.9. The van der Waals surface area contributed by atoms with Crippen LogP contribution in [0.15, 0.2) is 24.3 Å². The molecule has 1 amide bonds. The van der Waals surface area contributed by atoms with E-state index >= 15 is 0 Å². The van der Waals surface area contributed by atoms with Gasteiger partial charge in [-0.25, -0.2) is 0 Å². The predicted molar refractivity (Wildman–Crippen MR) is 83.3 cm³/mol. The minimum absolute atomic E-state index is 0. The fourth-order valence-electron chi connectivity index (χ4n) is 1.51. The standard InChI is InChI=1S/C13H16N4OS.ClH/c1-8(2)13-17-16-11(19-13)7-15-12(18)9-4-3-5-10(14)6-9;/h3-6,8H,7,14H2,1-2H3,(H,15,18);1H. The van der Waals surface area contributed by atoms with E-state index < -0.39 is 0 Å². The van der Waals surface area contributed by atoms with Gasteiger partial charge in [-0.2, -0.15) is 0 Å². The number of carbonyl (C=O) groups excluding carboxylic acids is 1. The normalized spacial score (nSPS) is 10.2. The summed E-state index contributed by atoms with van der Waals surface area (Å²) in [6, 6.07) is 6.88. The van der Waals surface area contributed by atoms with Crippen LogP contribution in [-0.2, 0) is 6.54 Å². The van der Waals surface area contributed by atoms with Crippen molar-refractivity contribution in [1.82, 2.24) is 15.5 Å². The van der Waals surface area contributed by atoms with Crippen LogP contribution in [0.5, 0.6) is 0 Å². The zero-order chi connectivity index (χ0) is 13.8. The number of rotatable bonds is 4. The van der Waals surface area contributed by atoms with Crippen molar-refractivity contribution in [3.63, 3.8) is 0 Å². The number of nitrogens with two attached hydrogens (primary N) is 1. The van der Waals surface area contributed by atoms with Crippen molar-refractivity contribution in [2.45, 2.75) is 26.3 Å². The number of aromatic nitrogens is 2. The number of carbonyl (C=O) groups is 1. The van der Waals surface area contributed by atoms with Crippen LogP contribution in [0.3, 0.4) is 0 Å². The van der Waals surface area contributed by atoms with Crippen molar-refractivity contribution in [1.29, 1.82) is 0 Å². The van der Waals surface area contributed by atoms with E-state index in [9.17, 15) is 4.79 Å². The molecule has 0 radical (unpaired) electrons. The molecule has 0 saturated carbocycles. The first-order valence-electron chi connectivity index (χ1n) is 6.02. The Kier molecular flexibility index (Phi) is 5.91. The van der Waals surface area contributed by atoms with Gasteiger partial charge >= 0.3 is 0 Å². The summed E-state index contributed by atoms with van der Waals surface area (Å²) in [6.45, 7) is 4.52. The van der Waals surface area contributed by atoms with Crippen LogP contribution < -0.4 is 11.1 Å². The Labute approximate surface area is 128 Å². The number of nitrogens with zero attached hydrogens (tertiary/aromatic N) is 2. The molecular weight excluding hydrogens is 296 g/mol. The average Bonchev–Trinajstić information content (AvgIpc) is 2.85. The van der Waals surface area contributed by atoms with Crippen LogP contribution >= 0.6 is 23.7 Å². The Morgan fingerprint density at radius 1 is 1.40 bits per heavy atom. The first kappa shape index (κ1) is 16.4. The van der Waals surface area contributed by atoms with Crippen molar-refractivity contribution < 1.29 is 4.79 Å². The fourth-order valence-corrected chi connectivity index (χ4v) is 2.29. The molecule has 0 fully saturated rings. The second-order valence-corrected chi connectivity index (χ2v) is 5.59. The average molecular weight is 313 g/mol. The quantitative estimate of drug-likeness (QED) is 0.850. The molecule has 3 N–H and O–H groups in total. The lowest BCUT2D eigenvalue weighted by Crippen LogP contribution is -2.22. The second-order valence-electron chi connectivity index (χ2n) is 4.50. The molecule has 0 spiro atoms. The minimum Gasteiger partial charge on any atom is -0.399 e. The van der Waals surface area contributed by atoms with Gasteiger partial charge in [0, 0.05) is 17.2 Å². The van der Waals surface area contributed by atoms with Gasteiger partial charge in [-0.15, -0.1) is 22.6 Å². The van der Waals surface area contributed by atoms with Crippen LogP contribution in [0.1, 0.15) is 40.1 Å². The number of benzene rings is 1. The van der Waals surface area contributed by atoms with E-state index in [1.807, 2.05) is 0 Å². The third-order valence-electron chi connectivity index (χ3n) is 2.53. The van der Waals surface area contributed by atoms with Gasteiger partial charge in [0.15, 0.2) is 0 Å². The zero-order valence-corrected chi connectivity index (χ0v) is 12.9. The largest absolute Gasteiger partial charge is 0.399 e. The number of amides is 1. The van der Waals surface area contributed by atoms with Crippen LogP contribution in [0.4, 0.5) is 5.69 Å². The summed E-state index contributed by atoms with van der Waals surface area (Å²) in [6.07, 6.45) is 0. The van der Waals surface area contributed by atoms with Crippen LogP contribution in [0, 0.1) is 0 Å². The molecule has 0 aliphatic heterocycles. The van der Waals surface area contributed by atoms with Crippen molar-refractivity contribution in [2.75, 3.05) is 5.73 Å². The second kappa shape index (κ2) is 7.21. The van der Waals surface area contributed by atoms with E-state index in [-0.39, 0.29) is 18.3 Å². The van der Waals surface area contributed by atoms with Crippen molar-refractivity contribution in [3.05, 3.63) is 39.8 Å². The first-order chi connectivity index (χ1) is 9.06. The molecule has 2 rings (SSSR count). The van der Waals surface area contributed by atoms with Gasteiger partial charge in [0.2, 0.25) is 0 Å². The maximum absolute atomic E-state index is 11.9. The molecule has 7 heteroatoms. The molecule has 1 aromatic heterocycles. The highest BCUT2D eigenvalue weighted by Gasteiger charge is 2.10. The number of anilines is 1. The Balaban J connectivity index is 0.00000200. The molecule has 0 aliphatic rings. The highest BCUT2D eigenvalue weighted by molar-refractivity contribution is 7.11. The van der Waals surface area contributed by atoms with Crippen molar-refractivity contribution in [3.8, 4) is 0 Å². The Hall–Kier alpha value is -1.66. The number of hydrogen-bond acceptors (Lipinski definition) is 5. The lowest BCUT2D eigenvalue weighted by Gasteiger charge is -2.03. The highest BCUT2D eigenvalue weighted by atomic mass is 35.5. The molecule has 2 aromatic rings. The third kappa shape index (κ3) is 4.18. The molecule has 108 valence electrons. The molecule has 0 unspecified atom stereocenters. The summed E-state index contributed by atoms with van der Waals surface area (Å²) < 4.78 is 0. The van der Waals surface area contributed by atoms with Gasteiger partial charge in [0.05, 0.1) is 6.54 Å². The predicted octanol–water partition coefficient (Wildman–Crippen LogP) is 2.60. The van der Waals surface area contributed by atoms with Crippen LogP contribution in [-0.4, -0.2) is 16.1 Å². The monoisotopic (exact) mass is 312 g/mol. The van der Waals surface area contributed by atoms with Crippen LogP contribution in [0.2, 0.25) is 0 Å². The van der Waals surface area contributed by atoms with Gasteiger partial charge in [-0.3, -0.25) is 4.79 Å². The number of hydrogen-bond donors (Lipinski definition) is 2. The van der Waals surface area contributed by atoms with E-state index in [0.717, 1.165) is 10.0 Å². The fraction of sp³-hybridized carbons (Fsp3) is 0.308. The van der Waals surface area contributed by atoms with Gasteiger partial charge in [0.25, 0.3) is 5.91 Å². The number of nitrogens with one attached hydrogen (secondary N) is 1. The smallest absolute Gasteiger partial charge is 0.251 e. The van der Waals surface area contributed by atoms with E-state index in [1.165, 1.54) is 11.3 Å². The molecule has 0 saturated heterocycles. The van der Waals surface area contributed by atoms with Gasteiger partial charge in [0.1, 0.15) is 10.0 Å². The van der Waals surface area contributed by atoms with Crippen molar-refractivity contribution in [2.24, 2.45) is 0 Å². The SMILES string of the molecule is CC(C)c1nnc(CNC(=O)c2cccc(N)c2)s1.Cl. The first-order valence-corrected chi connectivity index (χ1v) is 6.84. The van der Waals surface area contributed by atoms with E-state index in [2.05, 4.69) is 29.4 Å². The van der Waals surface area contributed by atoms with Gasteiger partial charge in [-0.1, -0.05) is 31.3 Å². The highest BCUT2D eigenvalue weighted by Crippen LogP contribution is 2.18. The zero-order valence-electron chi connectivity index (χ0n) is 11.3. The van der Waals surface area contributed by atoms with E-state index in [4.69, 9.17) is 5.73 Å². The summed E-state index contributed by atoms with van der Waals surface area (Å²) >= 11 is 1.52. The van der Waals surface area contributed by atoms with E-state index in [0.29, 0.717) is 23.7 Å². The molecule has 20 heavy (non-hydrogen) atoms. The summed E-state index contributed by atoms with van der Waals surface area (Å²) in [5.74, 6) is 0.199. The minimum atomic E-state index is -0.159. The van der Waals surface area contributed by atoms with Gasteiger partial charge < -0.3 is 11.1 Å². The molecule has 5 nitrogen and oxygen atoms in total. The van der Waals surface area contributed by atoms with Crippen molar-refractivity contribution >= 4 is 35.3 Å². The molecular formula is C13H17ClN4OS. The summed E-state index contributed by atoms with van der Waals surface area (Å²) in [5.41, 5.74) is 6.76. The molecule has 0 atom stereocenters. The maximum Gasteiger partial charge on any atom is 0.251 e. The Morgan fingerprint density at radius 3 is 2.75 bits per heavy atom. The summed E-state index contributed by atoms with van der Waals surface area (Å²) in [7, 11) is 0. The lowest BCUT2D eigenvalue weighted by atomic mass is 10.2. The summed E-state index contributed by atoms with van der Waals surface area (Å²) in [4.78, 5) is 11.9. The molecule has 0 bridgehead atoms. The summed E-state index contributed by atoms with van der Waals surface area (Å²) in [5, 5.41) is 12.7. The number of halogens is 1. The van der Waals surface area contributed by atoms with Gasteiger partial charge in [-0.05, 0) is 18.2 Å².